The number of aliphatic hydroxyl groups excluding tert-OH is 2. The third kappa shape index (κ3) is 71.0. The predicted octanol–water partition coefficient (Wildman–Crippen LogP) is 25.4. The second-order valence-corrected chi connectivity index (χ2v) is 26.7. The molecular formula is C79H151NO5. The summed E-state index contributed by atoms with van der Waals surface area (Å²) in [5.41, 5.74) is 0. The van der Waals surface area contributed by atoms with Gasteiger partial charge in [-0.15, -0.1) is 0 Å². The third-order valence-electron chi connectivity index (χ3n) is 18.2. The van der Waals surface area contributed by atoms with Crippen LogP contribution in [0.5, 0.6) is 0 Å². The molecule has 0 aromatic carbocycles. The van der Waals surface area contributed by atoms with E-state index in [-0.39, 0.29) is 18.5 Å². The molecular weight excluding hydrogens is 1040 g/mol. The molecule has 0 aromatic rings. The van der Waals surface area contributed by atoms with Crippen LogP contribution < -0.4 is 5.32 Å². The van der Waals surface area contributed by atoms with Gasteiger partial charge in [0, 0.05) is 12.8 Å². The van der Waals surface area contributed by atoms with Crippen molar-refractivity contribution >= 4 is 11.9 Å². The van der Waals surface area contributed by atoms with E-state index in [0.29, 0.717) is 25.9 Å². The van der Waals surface area contributed by atoms with E-state index in [9.17, 15) is 19.8 Å². The molecule has 0 saturated heterocycles. The number of ether oxygens (including phenoxy) is 1. The molecule has 0 fully saturated rings. The van der Waals surface area contributed by atoms with Crippen LogP contribution in [0.2, 0.25) is 0 Å². The quantitative estimate of drug-likeness (QED) is 0.0320. The van der Waals surface area contributed by atoms with Gasteiger partial charge in [0.15, 0.2) is 0 Å². The maximum absolute atomic E-state index is 12.6. The first-order chi connectivity index (χ1) is 42.0. The first-order valence-electron chi connectivity index (χ1n) is 38.7. The molecule has 1 amide bonds. The topological polar surface area (TPSA) is 95.9 Å². The molecule has 0 radical (unpaired) electrons. The molecule has 0 spiro atoms. The Hall–Kier alpha value is -1.92. The summed E-state index contributed by atoms with van der Waals surface area (Å²) >= 11 is 0. The molecule has 0 bridgehead atoms. The summed E-state index contributed by atoms with van der Waals surface area (Å²) in [6.45, 7) is 4.97. The third-order valence-corrected chi connectivity index (χ3v) is 18.2. The monoisotopic (exact) mass is 1190 g/mol. The van der Waals surface area contributed by atoms with Gasteiger partial charge in [0.05, 0.1) is 25.4 Å². The highest BCUT2D eigenvalue weighted by molar-refractivity contribution is 5.76. The SMILES string of the molecule is CCCCC/C=C\CCCCCCCC(=O)OCCCCCCCCCCCCC/C=C\C/C=C\CCCCCCCCCCCCCCCCCCCC(=O)NC(CO)C(O)CCCCCCCCCCCCCCCCCCCCCCC. The number of carbonyl (C=O) groups is 2. The van der Waals surface area contributed by atoms with Gasteiger partial charge in [-0.1, -0.05) is 371 Å². The van der Waals surface area contributed by atoms with E-state index >= 15 is 0 Å². The summed E-state index contributed by atoms with van der Waals surface area (Å²) in [6, 6.07) is -0.541. The minimum Gasteiger partial charge on any atom is -0.466 e. The molecule has 0 heterocycles. The highest BCUT2D eigenvalue weighted by atomic mass is 16.5. The number of hydrogen-bond donors (Lipinski definition) is 3. The predicted molar refractivity (Wildman–Crippen MR) is 375 cm³/mol. The highest BCUT2D eigenvalue weighted by Gasteiger charge is 2.20. The van der Waals surface area contributed by atoms with Gasteiger partial charge < -0.3 is 20.3 Å². The van der Waals surface area contributed by atoms with E-state index in [0.717, 1.165) is 51.4 Å². The van der Waals surface area contributed by atoms with Crippen LogP contribution in [0.15, 0.2) is 36.5 Å². The van der Waals surface area contributed by atoms with Gasteiger partial charge in [-0.2, -0.15) is 0 Å². The van der Waals surface area contributed by atoms with E-state index in [1.807, 2.05) is 0 Å². The van der Waals surface area contributed by atoms with Gasteiger partial charge >= 0.3 is 5.97 Å². The summed E-state index contributed by atoms with van der Waals surface area (Å²) in [7, 11) is 0. The van der Waals surface area contributed by atoms with Crippen molar-refractivity contribution in [1.29, 1.82) is 0 Å². The Balaban J connectivity index is 3.38. The number of unbranched alkanes of at least 4 members (excludes halogenated alkanes) is 56. The van der Waals surface area contributed by atoms with Crippen LogP contribution in [0.1, 0.15) is 431 Å². The minimum atomic E-state index is -0.664. The number of allylic oxidation sites excluding steroid dienone is 6. The van der Waals surface area contributed by atoms with Crippen molar-refractivity contribution in [2.45, 2.75) is 443 Å². The standard InChI is InChI=1S/C79H151NO5/c1-3-5-7-9-11-13-15-17-18-19-20-36-39-42-45-48-51-55-59-63-67-71-77(82)76(75-81)80-78(83)72-68-64-60-56-52-49-46-43-40-37-34-32-30-28-26-24-22-21-23-25-27-29-31-33-35-38-41-44-47-50-54-58-62-66-70-74-85-79(84)73-69-65-61-57-53-16-14-12-10-8-6-4-2/h12,14,23,25,29,31,76-77,81-82H,3-11,13,15-22,24,26-28,30,32-75H2,1-2H3,(H,80,83)/b14-12-,25-23-,31-29-. The van der Waals surface area contributed by atoms with Gasteiger partial charge in [-0.3, -0.25) is 9.59 Å². The molecule has 0 aliphatic carbocycles. The van der Waals surface area contributed by atoms with Gasteiger partial charge in [0.2, 0.25) is 5.91 Å². The number of esters is 1. The molecule has 2 unspecified atom stereocenters. The van der Waals surface area contributed by atoms with Crippen LogP contribution in [-0.4, -0.2) is 47.4 Å². The maximum Gasteiger partial charge on any atom is 0.305 e. The van der Waals surface area contributed by atoms with Crippen molar-refractivity contribution < 1.29 is 24.5 Å². The minimum absolute atomic E-state index is 0.00715. The Labute approximate surface area is 532 Å². The molecule has 0 aliphatic heterocycles. The number of nitrogens with one attached hydrogen (secondary N) is 1. The molecule has 0 aliphatic rings. The largest absolute Gasteiger partial charge is 0.466 e. The summed E-state index contributed by atoms with van der Waals surface area (Å²) in [5.74, 6) is -0.0207. The first-order valence-corrected chi connectivity index (χ1v) is 38.7. The molecule has 85 heavy (non-hydrogen) atoms. The number of amides is 1. The number of hydrogen-bond acceptors (Lipinski definition) is 5. The average Bonchev–Trinajstić information content (AvgIpc) is 3.51. The van der Waals surface area contributed by atoms with Gasteiger partial charge in [-0.05, 0) is 83.5 Å². The van der Waals surface area contributed by atoms with Crippen LogP contribution in [0, 0.1) is 0 Å². The lowest BCUT2D eigenvalue weighted by Crippen LogP contribution is -2.45. The highest BCUT2D eigenvalue weighted by Crippen LogP contribution is 2.19. The number of carbonyl (C=O) groups excluding carboxylic acids is 2. The fourth-order valence-electron chi connectivity index (χ4n) is 12.3. The Morgan fingerprint density at radius 2 is 0.588 bits per heavy atom. The molecule has 0 rings (SSSR count). The Morgan fingerprint density at radius 3 is 0.929 bits per heavy atom. The average molecular weight is 1200 g/mol. The molecule has 6 nitrogen and oxygen atoms in total. The van der Waals surface area contributed by atoms with E-state index in [1.54, 1.807) is 0 Å². The van der Waals surface area contributed by atoms with Crippen molar-refractivity contribution in [1.82, 2.24) is 5.32 Å². The zero-order valence-electron chi connectivity index (χ0n) is 57.6. The van der Waals surface area contributed by atoms with Gasteiger partial charge in [-0.25, -0.2) is 0 Å². The zero-order valence-corrected chi connectivity index (χ0v) is 57.6. The van der Waals surface area contributed by atoms with Crippen LogP contribution >= 0.6 is 0 Å². The zero-order chi connectivity index (χ0) is 61.3. The van der Waals surface area contributed by atoms with Gasteiger partial charge in [0.25, 0.3) is 0 Å². The Bertz CT molecular complexity index is 1380. The summed E-state index contributed by atoms with van der Waals surface area (Å²) < 4.78 is 5.47. The van der Waals surface area contributed by atoms with Gasteiger partial charge in [0.1, 0.15) is 0 Å². The Morgan fingerprint density at radius 1 is 0.329 bits per heavy atom. The van der Waals surface area contributed by atoms with Crippen molar-refractivity contribution in [3.05, 3.63) is 36.5 Å². The molecule has 2 atom stereocenters. The molecule has 6 heteroatoms. The molecule has 0 saturated carbocycles. The van der Waals surface area contributed by atoms with E-state index < -0.39 is 12.1 Å². The van der Waals surface area contributed by atoms with E-state index in [4.69, 9.17) is 4.74 Å². The first kappa shape index (κ1) is 83.1. The smallest absolute Gasteiger partial charge is 0.305 e. The molecule has 0 aromatic heterocycles. The lowest BCUT2D eigenvalue weighted by atomic mass is 10.0. The van der Waals surface area contributed by atoms with Crippen LogP contribution in [0.3, 0.4) is 0 Å². The molecule has 502 valence electrons. The normalized spacial score (nSPS) is 12.7. The van der Waals surface area contributed by atoms with Crippen LogP contribution in [0.4, 0.5) is 0 Å². The van der Waals surface area contributed by atoms with Crippen molar-refractivity contribution in [2.75, 3.05) is 13.2 Å². The second kappa shape index (κ2) is 74.5. The van der Waals surface area contributed by atoms with Crippen molar-refractivity contribution in [3.63, 3.8) is 0 Å². The summed E-state index contributed by atoms with van der Waals surface area (Å²) in [5, 5.41) is 23.4. The van der Waals surface area contributed by atoms with Crippen LogP contribution in [-0.2, 0) is 14.3 Å². The lowest BCUT2D eigenvalue weighted by molar-refractivity contribution is -0.143. The van der Waals surface area contributed by atoms with Crippen molar-refractivity contribution in [3.8, 4) is 0 Å². The number of rotatable bonds is 73. The van der Waals surface area contributed by atoms with E-state index in [1.165, 1.54) is 347 Å². The fraction of sp³-hybridized carbons (Fsp3) is 0.899. The summed E-state index contributed by atoms with van der Waals surface area (Å²) in [4.78, 5) is 24.6. The van der Waals surface area contributed by atoms with Crippen molar-refractivity contribution in [2.24, 2.45) is 0 Å². The fourth-order valence-corrected chi connectivity index (χ4v) is 12.3. The van der Waals surface area contributed by atoms with Crippen LogP contribution in [0.25, 0.3) is 0 Å². The van der Waals surface area contributed by atoms with E-state index in [2.05, 4.69) is 55.6 Å². The molecule has 3 N–H and O–H groups in total. The lowest BCUT2D eigenvalue weighted by Gasteiger charge is -2.22. The second-order valence-electron chi connectivity index (χ2n) is 26.7. The Kier molecular flexibility index (Phi) is 72.9. The maximum atomic E-state index is 12.6. The summed E-state index contributed by atoms with van der Waals surface area (Å²) in [6.07, 6.45) is 96.6. The number of aliphatic hydroxyl groups is 2.